The highest BCUT2D eigenvalue weighted by Gasteiger charge is 2.53. The monoisotopic (exact) mass is 644 g/mol. The number of aliphatic hydroxyl groups excluding tert-OH is 2. The molecule has 2 aromatic carbocycles. The van der Waals surface area contributed by atoms with Gasteiger partial charge in [-0.25, -0.2) is 4.99 Å². The van der Waals surface area contributed by atoms with Crippen LogP contribution in [0.2, 0.25) is 0 Å². The molecule has 9 nitrogen and oxygen atoms in total. The van der Waals surface area contributed by atoms with Crippen molar-refractivity contribution in [1.29, 1.82) is 0 Å². The summed E-state index contributed by atoms with van der Waals surface area (Å²) in [5, 5.41) is 22.2. The Morgan fingerprint density at radius 3 is 2.36 bits per heavy atom. The number of aliphatic imine (C=N–C) groups is 1. The highest BCUT2D eigenvalue weighted by molar-refractivity contribution is 9.10. The minimum Gasteiger partial charge on any atom is -0.494 e. The summed E-state index contributed by atoms with van der Waals surface area (Å²) in [7, 11) is 0. The van der Waals surface area contributed by atoms with Gasteiger partial charge >= 0.3 is 5.97 Å². The van der Waals surface area contributed by atoms with E-state index in [1.807, 2.05) is 57.2 Å². The predicted octanol–water partition coefficient (Wildman–Crippen LogP) is 5.01. The van der Waals surface area contributed by atoms with E-state index in [1.165, 1.54) is 0 Å². The van der Waals surface area contributed by atoms with Gasteiger partial charge in [0.1, 0.15) is 11.4 Å². The Labute approximate surface area is 255 Å². The van der Waals surface area contributed by atoms with Crippen LogP contribution in [-0.4, -0.2) is 64.5 Å². The van der Waals surface area contributed by atoms with Crippen LogP contribution in [0, 0.1) is 0 Å². The molecule has 42 heavy (non-hydrogen) atoms. The van der Waals surface area contributed by atoms with E-state index in [4.69, 9.17) is 24.3 Å². The van der Waals surface area contributed by atoms with E-state index in [9.17, 15) is 14.7 Å². The molecule has 0 spiro atoms. The van der Waals surface area contributed by atoms with Gasteiger partial charge in [0.05, 0.1) is 12.7 Å². The Balaban J connectivity index is 1.70. The highest BCUT2D eigenvalue weighted by Crippen LogP contribution is 2.44. The van der Waals surface area contributed by atoms with Crippen LogP contribution < -0.4 is 10.1 Å². The number of amides is 1. The molecule has 1 aliphatic carbocycles. The Morgan fingerprint density at radius 1 is 1.07 bits per heavy atom. The molecule has 1 fully saturated rings. The van der Waals surface area contributed by atoms with Crippen LogP contribution in [0.1, 0.15) is 82.9 Å². The van der Waals surface area contributed by atoms with Gasteiger partial charge in [-0.05, 0) is 94.8 Å². The molecule has 0 unspecified atom stereocenters. The van der Waals surface area contributed by atoms with E-state index >= 15 is 0 Å². The fourth-order valence-electron chi connectivity index (χ4n) is 5.22. The molecule has 0 radical (unpaired) electrons. The number of halogens is 1. The number of esters is 1. The van der Waals surface area contributed by atoms with Crippen molar-refractivity contribution >= 4 is 33.7 Å². The van der Waals surface area contributed by atoms with Crippen LogP contribution in [0.15, 0.2) is 58.0 Å². The van der Waals surface area contributed by atoms with Gasteiger partial charge in [0.2, 0.25) is 5.90 Å². The average Bonchev–Trinajstić information content (AvgIpc) is 3.34. The SMILES string of the molecule is CC(C)(C)OC(=O)CC[C@@]1(C(=O)NC2CCC(O)CC2)N=C(c2ccc(OCCCO)cc2)O[C@@H]1c1ccc(Br)cc1. The summed E-state index contributed by atoms with van der Waals surface area (Å²) in [4.78, 5) is 32.1. The van der Waals surface area contributed by atoms with Crippen LogP contribution in [0.4, 0.5) is 0 Å². The van der Waals surface area contributed by atoms with Gasteiger partial charge in [-0.1, -0.05) is 28.1 Å². The maximum absolute atomic E-state index is 14.3. The van der Waals surface area contributed by atoms with Crippen LogP contribution in [0.5, 0.6) is 5.75 Å². The van der Waals surface area contributed by atoms with E-state index in [0.29, 0.717) is 55.9 Å². The van der Waals surface area contributed by atoms with Crippen LogP contribution in [0.25, 0.3) is 0 Å². The first-order valence-electron chi connectivity index (χ1n) is 14.6. The number of rotatable bonds is 11. The molecule has 2 aromatic rings. The molecule has 228 valence electrons. The number of nitrogens with one attached hydrogen (secondary N) is 1. The molecule has 0 bridgehead atoms. The summed E-state index contributed by atoms with van der Waals surface area (Å²) < 4.78 is 18.6. The van der Waals surface area contributed by atoms with Gasteiger partial charge in [0.25, 0.3) is 5.91 Å². The summed E-state index contributed by atoms with van der Waals surface area (Å²) >= 11 is 3.48. The lowest BCUT2D eigenvalue weighted by Crippen LogP contribution is -2.52. The minimum absolute atomic E-state index is 0.0289. The number of aliphatic hydroxyl groups is 2. The molecule has 10 heteroatoms. The molecule has 4 rings (SSSR count). The van der Waals surface area contributed by atoms with Crippen molar-refractivity contribution < 1.29 is 34.0 Å². The number of carbonyl (C=O) groups is 2. The number of carbonyl (C=O) groups excluding carboxylic acids is 2. The zero-order valence-electron chi connectivity index (χ0n) is 24.5. The molecule has 1 amide bonds. The first kappa shape index (κ1) is 32.0. The summed E-state index contributed by atoms with van der Waals surface area (Å²) in [6.07, 6.45) is 1.98. The van der Waals surface area contributed by atoms with Crippen molar-refractivity contribution in [2.45, 2.75) is 95.1 Å². The first-order chi connectivity index (χ1) is 20.0. The second-order valence-electron chi connectivity index (χ2n) is 11.9. The Kier molecular flexibility index (Phi) is 10.7. The lowest BCUT2D eigenvalue weighted by atomic mass is 9.82. The lowest BCUT2D eigenvalue weighted by molar-refractivity contribution is -0.155. The van der Waals surface area contributed by atoms with Crippen molar-refractivity contribution in [3.05, 3.63) is 64.1 Å². The summed E-state index contributed by atoms with van der Waals surface area (Å²) in [5.74, 6) is 0.198. The van der Waals surface area contributed by atoms with Crippen molar-refractivity contribution in [2.24, 2.45) is 4.99 Å². The standard InChI is InChI=1S/C32H41BrN2O7/c1-31(2,3)42-27(38)17-18-32(30(39)34-24-11-13-25(37)14-12-24)28(21-5-9-23(33)10-6-21)41-29(35-32)22-7-15-26(16-8-22)40-20-4-19-36/h5-10,15-16,24-25,28,36-37H,4,11-14,17-20H2,1-3H3,(H,34,39)/t24?,25?,28-,32-/m1/s1. The molecule has 2 atom stereocenters. The maximum Gasteiger partial charge on any atom is 0.306 e. The van der Waals surface area contributed by atoms with Crippen LogP contribution >= 0.6 is 15.9 Å². The van der Waals surface area contributed by atoms with Gasteiger partial charge in [-0.2, -0.15) is 0 Å². The fourth-order valence-corrected chi connectivity index (χ4v) is 5.49. The zero-order valence-corrected chi connectivity index (χ0v) is 26.1. The first-order valence-corrected chi connectivity index (χ1v) is 15.4. The molecule has 1 aliphatic heterocycles. The number of hydrogen-bond acceptors (Lipinski definition) is 8. The van der Waals surface area contributed by atoms with Gasteiger partial charge < -0.3 is 29.7 Å². The number of ether oxygens (including phenoxy) is 3. The quantitative estimate of drug-likeness (QED) is 0.232. The highest BCUT2D eigenvalue weighted by atomic mass is 79.9. The molecule has 1 heterocycles. The van der Waals surface area contributed by atoms with Crippen molar-refractivity contribution in [1.82, 2.24) is 5.32 Å². The van der Waals surface area contributed by atoms with Crippen molar-refractivity contribution in [3.8, 4) is 5.75 Å². The third-order valence-corrected chi connectivity index (χ3v) is 7.89. The Bertz CT molecular complexity index is 1240. The Hall–Kier alpha value is -2.95. The molecule has 0 saturated heterocycles. The van der Waals surface area contributed by atoms with Crippen molar-refractivity contribution in [2.75, 3.05) is 13.2 Å². The predicted molar refractivity (Wildman–Crippen MR) is 162 cm³/mol. The van der Waals surface area contributed by atoms with E-state index < -0.39 is 23.2 Å². The second kappa shape index (κ2) is 14.0. The number of benzene rings is 2. The molecule has 1 saturated carbocycles. The summed E-state index contributed by atoms with van der Waals surface area (Å²) in [6, 6.07) is 14.6. The second-order valence-corrected chi connectivity index (χ2v) is 12.8. The van der Waals surface area contributed by atoms with Gasteiger partial charge in [0, 0.05) is 35.5 Å². The molecule has 0 aromatic heterocycles. The zero-order chi connectivity index (χ0) is 30.3. The molecular weight excluding hydrogens is 604 g/mol. The average molecular weight is 646 g/mol. The van der Waals surface area contributed by atoms with Crippen molar-refractivity contribution in [3.63, 3.8) is 0 Å². The fraction of sp³-hybridized carbons (Fsp3) is 0.531. The smallest absolute Gasteiger partial charge is 0.306 e. The summed E-state index contributed by atoms with van der Waals surface area (Å²) in [6.45, 7) is 5.87. The summed E-state index contributed by atoms with van der Waals surface area (Å²) in [5.41, 5.74) is -0.687. The van der Waals surface area contributed by atoms with E-state index in [2.05, 4.69) is 21.2 Å². The van der Waals surface area contributed by atoms with Gasteiger partial charge in [-0.15, -0.1) is 0 Å². The topological polar surface area (TPSA) is 127 Å². The number of nitrogens with zero attached hydrogens (tertiary/aromatic N) is 1. The Morgan fingerprint density at radius 2 is 1.74 bits per heavy atom. The minimum atomic E-state index is -1.44. The van der Waals surface area contributed by atoms with Crippen LogP contribution in [0.3, 0.4) is 0 Å². The maximum atomic E-state index is 14.3. The molecule has 2 aliphatic rings. The third-order valence-electron chi connectivity index (χ3n) is 7.36. The lowest BCUT2D eigenvalue weighted by Gasteiger charge is -2.34. The van der Waals surface area contributed by atoms with E-state index in [-0.39, 0.29) is 37.5 Å². The van der Waals surface area contributed by atoms with E-state index in [1.54, 1.807) is 12.1 Å². The molecule has 3 N–H and O–H groups in total. The third kappa shape index (κ3) is 8.33. The van der Waals surface area contributed by atoms with Gasteiger partial charge in [-0.3, -0.25) is 9.59 Å². The largest absolute Gasteiger partial charge is 0.494 e. The van der Waals surface area contributed by atoms with Gasteiger partial charge in [0.15, 0.2) is 11.6 Å². The number of hydrogen-bond donors (Lipinski definition) is 3. The van der Waals surface area contributed by atoms with E-state index in [0.717, 1.165) is 10.0 Å². The normalized spacial score (nSPS) is 24.0. The molecular formula is C32H41BrN2O7. The van der Waals surface area contributed by atoms with Crippen LogP contribution in [-0.2, 0) is 19.1 Å².